The van der Waals surface area contributed by atoms with Gasteiger partial charge in [0.15, 0.2) is 0 Å². The number of aromatic amines is 1. The third-order valence-corrected chi connectivity index (χ3v) is 3.90. The largest absolute Gasteiger partial charge is 0.369 e. The van der Waals surface area contributed by atoms with E-state index in [1.807, 2.05) is 6.07 Å². The molecule has 4 heteroatoms. The molecule has 2 fully saturated rings. The van der Waals surface area contributed by atoms with E-state index in [4.69, 9.17) is 12.2 Å². The number of H-pyrrole nitrogens is 1. The van der Waals surface area contributed by atoms with Gasteiger partial charge in [0.2, 0.25) is 0 Å². The Labute approximate surface area is 107 Å². The Kier molecular flexibility index (Phi) is 3.14. The van der Waals surface area contributed by atoms with Gasteiger partial charge in [-0.3, -0.25) is 0 Å². The lowest BCUT2D eigenvalue weighted by Gasteiger charge is -2.23. The van der Waals surface area contributed by atoms with Crippen LogP contribution in [0.1, 0.15) is 56.7 Å². The van der Waals surface area contributed by atoms with Crippen molar-refractivity contribution in [2.75, 3.05) is 5.32 Å². The highest BCUT2D eigenvalue weighted by Crippen LogP contribution is 2.38. The summed E-state index contributed by atoms with van der Waals surface area (Å²) in [7, 11) is 0. The Morgan fingerprint density at radius 1 is 1.18 bits per heavy atom. The molecule has 92 valence electrons. The fourth-order valence-corrected chi connectivity index (χ4v) is 2.79. The van der Waals surface area contributed by atoms with E-state index >= 15 is 0 Å². The average molecular weight is 249 g/mol. The maximum Gasteiger partial charge on any atom is 0.131 e. The molecule has 0 atom stereocenters. The lowest BCUT2D eigenvalue weighted by molar-refractivity contribution is 0.461. The molecule has 0 aromatic carbocycles. The van der Waals surface area contributed by atoms with Crippen LogP contribution in [0.4, 0.5) is 5.82 Å². The molecule has 3 nitrogen and oxygen atoms in total. The summed E-state index contributed by atoms with van der Waals surface area (Å²) in [6, 6.07) is 2.57. The molecule has 0 bridgehead atoms. The number of nitrogens with zero attached hydrogens (tertiary/aromatic N) is 1. The molecule has 2 aliphatic carbocycles. The molecule has 3 rings (SSSR count). The lowest BCUT2D eigenvalue weighted by atomic mass is 9.95. The second-order valence-corrected chi connectivity index (χ2v) is 5.69. The smallest absolute Gasteiger partial charge is 0.131 e. The molecule has 0 spiro atoms. The zero-order chi connectivity index (χ0) is 11.7. The summed E-state index contributed by atoms with van der Waals surface area (Å²) in [5.74, 6) is 2.78. The van der Waals surface area contributed by atoms with Gasteiger partial charge in [0, 0.05) is 18.0 Å². The summed E-state index contributed by atoms with van der Waals surface area (Å²) in [5.41, 5.74) is 0. The minimum Gasteiger partial charge on any atom is -0.369 e. The third-order valence-electron chi connectivity index (χ3n) is 3.69. The SMILES string of the molecule is S=c1cc(NC2CCCCC2)[nH]c(C2CC2)n1. The zero-order valence-electron chi connectivity index (χ0n) is 10.0. The van der Waals surface area contributed by atoms with E-state index in [0.717, 1.165) is 11.6 Å². The molecular formula is C13H19N3S. The molecule has 2 saturated carbocycles. The van der Waals surface area contributed by atoms with Gasteiger partial charge in [-0.2, -0.15) is 0 Å². The van der Waals surface area contributed by atoms with Gasteiger partial charge in [-0.25, -0.2) is 4.98 Å². The van der Waals surface area contributed by atoms with Gasteiger partial charge < -0.3 is 10.3 Å². The Bertz CT molecular complexity index is 444. The fourth-order valence-electron chi connectivity index (χ4n) is 2.57. The van der Waals surface area contributed by atoms with Crippen LogP contribution in [0.5, 0.6) is 0 Å². The van der Waals surface area contributed by atoms with Gasteiger partial charge in [-0.05, 0) is 25.7 Å². The van der Waals surface area contributed by atoms with E-state index in [1.54, 1.807) is 0 Å². The molecule has 0 aliphatic heterocycles. The molecule has 1 aromatic rings. The van der Waals surface area contributed by atoms with Crippen LogP contribution in [0.2, 0.25) is 0 Å². The van der Waals surface area contributed by atoms with Crippen LogP contribution in [0.25, 0.3) is 0 Å². The van der Waals surface area contributed by atoms with Crippen molar-refractivity contribution < 1.29 is 0 Å². The number of rotatable bonds is 3. The minimum atomic E-state index is 0.615. The van der Waals surface area contributed by atoms with E-state index in [0.29, 0.717) is 16.6 Å². The molecule has 0 saturated heterocycles. The molecule has 2 aliphatic rings. The normalized spacial score (nSPS) is 21.4. The third kappa shape index (κ3) is 2.86. The van der Waals surface area contributed by atoms with Crippen molar-refractivity contribution in [2.45, 2.75) is 56.9 Å². The number of hydrogen-bond donors (Lipinski definition) is 2. The van der Waals surface area contributed by atoms with Crippen LogP contribution in [0.15, 0.2) is 6.07 Å². The van der Waals surface area contributed by atoms with Crippen LogP contribution < -0.4 is 5.32 Å². The van der Waals surface area contributed by atoms with E-state index in [-0.39, 0.29) is 0 Å². The Balaban J connectivity index is 1.74. The van der Waals surface area contributed by atoms with E-state index in [1.165, 1.54) is 44.9 Å². The van der Waals surface area contributed by atoms with Crippen LogP contribution >= 0.6 is 12.2 Å². The first-order chi connectivity index (χ1) is 8.31. The predicted molar refractivity (Wildman–Crippen MR) is 71.9 cm³/mol. The first-order valence-electron chi connectivity index (χ1n) is 6.69. The topological polar surface area (TPSA) is 40.7 Å². The summed E-state index contributed by atoms with van der Waals surface area (Å²) < 4.78 is 0.712. The van der Waals surface area contributed by atoms with Crippen molar-refractivity contribution >= 4 is 18.0 Å². The molecule has 2 N–H and O–H groups in total. The quantitative estimate of drug-likeness (QED) is 0.801. The summed E-state index contributed by atoms with van der Waals surface area (Å²) in [5, 5.41) is 3.58. The highest BCUT2D eigenvalue weighted by molar-refractivity contribution is 7.71. The monoisotopic (exact) mass is 249 g/mol. The van der Waals surface area contributed by atoms with Crippen molar-refractivity contribution in [2.24, 2.45) is 0 Å². The summed E-state index contributed by atoms with van der Waals surface area (Å²) >= 11 is 5.23. The number of hydrogen-bond acceptors (Lipinski definition) is 3. The maximum atomic E-state index is 5.23. The maximum absolute atomic E-state index is 5.23. The first kappa shape index (κ1) is 11.2. The molecule has 1 aromatic heterocycles. The highest BCUT2D eigenvalue weighted by Gasteiger charge is 2.26. The lowest BCUT2D eigenvalue weighted by Crippen LogP contribution is -2.23. The van der Waals surface area contributed by atoms with Gasteiger partial charge in [-0.15, -0.1) is 0 Å². The second-order valence-electron chi connectivity index (χ2n) is 5.27. The average Bonchev–Trinajstić information content (AvgIpc) is 3.13. The van der Waals surface area contributed by atoms with E-state index < -0.39 is 0 Å². The Hall–Kier alpha value is -0.900. The van der Waals surface area contributed by atoms with Gasteiger partial charge in [0.05, 0.1) is 0 Å². The highest BCUT2D eigenvalue weighted by atomic mass is 32.1. The van der Waals surface area contributed by atoms with Crippen LogP contribution in [0, 0.1) is 4.64 Å². The van der Waals surface area contributed by atoms with Crippen molar-refractivity contribution in [1.82, 2.24) is 9.97 Å². The molecule has 17 heavy (non-hydrogen) atoms. The Morgan fingerprint density at radius 3 is 2.65 bits per heavy atom. The van der Waals surface area contributed by atoms with Crippen LogP contribution in [-0.2, 0) is 0 Å². The molecule has 0 amide bonds. The van der Waals surface area contributed by atoms with Gasteiger partial charge in [0.1, 0.15) is 16.3 Å². The zero-order valence-corrected chi connectivity index (χ0v) is 10.9. The van der Waals surface area contributed by atoms with Gasteiger partial charge >= 0.3 is 0 Å². The number of nitrogens with one attached hydrogen (secondary N) is 2. The summed E-state index contributed by atoms with van der Waals surface area (Å²) in [4.78, 5) is 7.81. The summed E-state index contributed by atoms with van der Waals surface area (Å²) in [6.07, 6.45) is 9.15. The number of anilines is 1. The van der Waals surface area contributed by atoms with Gasteiger partial charge in [-0.1, -0.05) is 31.5 Å². The summed E-state index contributed by atoms with van der Waals surface area (Å²) in [6.45, 7) is 0. The number of aromatic nitrogens is 2. The fraction of sp³-hybridized carbons (Fsp3) is 0.692. The van der Waals surface area contributed by atoms with E-state index in [9.17, 15) is 0 Å². The predicted octanol–water partition coefficient (Wildman–Crippen LogP) is 3.76. The second kappa shape index (κ2) is 4.77. The molecular weight excluding hydrogens is 230 g/mol. The standard InChI is InChI=1S/C13H19N3S/c17-12-8-11(14-10-4-2-1-3-5-10)15-13(16-12)9-6-7-9/h8-10H,1-7H2,(H2,14,15,16,17). The molecule has 0 unspecified atom stereocenters. The first-order valence-corrected chi connectivity index (χ1v) is 7.10. The van der Waals surface area contributed by atoms with E-state index in [2.05, 4.69) is 15.3 Å². The van der Waals surface area contributed by atoms with Gasteiger partial charge in [0.25, 0.3) is 0 Å². The van der Waals surface area contributed by atoms with Crippen molar-refractivity contribution in [3.05, 3.63) is 16.5 Å². The molecule has 1 heterocycles. The molecule has 0 radical (unpaired) electrons. The van der Waals surface area contributed by atoms with Crippen LogP contribution in [-0.4, -0.2) is 16.0 Å². The van der Waals surface area contributed by atoms with Crippen molar-refractivity contribution in [1.29, 1.82) is 0 Å². The van der Waals surface area contributed by atoms with Crippen molar-refractivity contribution in [3.63, 3.8) is 0 Å². The minimum absolute atomic E-state index is 0.615. The van der Waals surface area contributed by atoms with Crippen LogP contribution in [0.3, 0.4) is 0 Å². The Morgan fingerprint density at radius 2 is 1.94 bits per heavy atom. The van der Waals surface area contributed by atoms with Crippen molar-refractivity contribution in [3.8, 4) is 0 Å².